The van der Waals surface area contributed by atoms with E-state index in [2.05, 4.69) is 25.9 Å². The van der Waals surface area contributed by atoms with E-state index in [4.69, 9.17) is 23.5 Å². The Morgan fingerprint density at radius 1 is 0.823 bits per heavy atom. The molecule has 1 aliphatic heterocycles. The van der Waals surface area contributed by atoms with E-state index in [0.29, 0.717) is 64.7 Å². The maximum absolute atomic E-state index is 14.0. The summed E-state index contributed by atoms with van der Waals surface area (Å²) < 4.78 is 103. The molecule has 0 N–H and O–H groups in total. The molecular weight excluding hydrogens is 913 g/mol. The molecule has 0 bridgehead atoms. The standard InChI is InChI=1S/C18H18FNO4S.C13H20BNO5S.C12H10BrFO2/c1-24-18-17(25(2,22)23)9-12(10-20-18)14-7-6-13-11(8-16(14)21)4-3-5-15(13)19;1-12(2)13(3,4)20-14(19-12)9-7-10(21(6,16)17)11(18-5)15-8-9;1-7(15)16-12-9-3-2-4-11(14)8(9)5-6-10(12)13/h3-5,9-10,14H,6-8H2,1-2H3;7-8H,1-6H3;2-4H,5-6H2,1H3. The van der Waals surface area contributed by atoms with E-state index >= 15 is 0 Å². The predicted molar refractivity (Wildman–Crippen MR) is 232 cm³/mol. The van der Waals surface area contributed by atoms with E-state index in [0.717, 1.165) is 17.0 Å². The van der Waals surface area contributed by atoms with Crippen molar-refractivity contribution in [2.45, 2.75) is 93.6 Å². The maximum atomic E-state index is 14.0. The van der Waals surface area contributed by atoms with Gasteiger partial charge < -0.3 is 23.5 Å². The van der Waals surface area contributed by atoms with Crippen LogP contribution < -0.4 is 14.9 Å². The molecular formula is C43H48BBrF2N2O11S2. The van der Waals surface area contributed by atoms with Crippen molar-refractivity contribution in [1.82, 2.24) is 9.97 Å². The van der Waals surface area contributed by atoms with Crippen LogP contribution in [0.15, 0.2) is 75.2 Å². The quantitative estimate of drug-likeness (QED) is 0.109. The number of ketones is 1. The largest absolute Gasteiger partial charge is 0.496 e. The van der Waals surface area contributed by atoms with E-state index in [1.54, 1.807) is 24.3 Å². The summed E-state index contributed by atoms with van der Waals surface area (Å²) in [4.78, 5) is 31.7. The number of pyridine rings is 2. The molecule has 1 fully saturated rings. The second-order valence-corrected chi connectivity index (χ2v) is 20.8. The fourth-order valence-electron chi connectivity index (χ4n) is 6.97. The van der Waals surface area contributed by atoms with Gasteiger partial charge in [-0.25, -0.2) is 35.6 Å². The van der Waals surface area contributed by atoms with Crippen LogP contribution in [-0.2, 0) is 62.6 Å². The van der Waals surface area contributed by atoms with E-state index < -0.39 is 49.9 Å². The smallest absolute Gasteiger partial charge is 0.480 e. The Morgan fingerprint density at radius 3 is 1.94 bits per heavy atom. The minimum atomic E-state index is -3.55. The number of carbonyl (C=O) groups excluding carboxylic acids is 2. The van der Waals surface area contributed by atoms with Gasteiger partial charge in [0, 0.05) is 59.7 Å². The van der Waals surface area contributed by atoms with E-state index in [1.807, 2.05) is 27.7 Å². The summed E-state index contributed by atoms with van der Waals surface area (Å²) in [5.41, 5.74) is 2.59. The zero-order chi connectivity index (χ0) is 45.9. The Balaban J connectivity index is 0.000000180. The highest BCUT2D eigenvalue weighted by Gasteiger charge is 2.52. The van der Waals surface area contributed by atoms with Crippen LogP contribution in [0.3, 0.4) is 0 Å². The number of benzene rings is 2. The second kappa shape index (κ2) is 19.0. The van der Waals surface area contributed by atoms with Crippen molar-refractivity contribution in [3.8, 4) is 11.8 Å². The summed E-state index contributed by atoms with van der Waals surface area (Å²) in [6.07, 6.45) is 7.36. The summed E-state index contributed by atoms with van der Waals surface area (Å²) in [5.74, 6) is -1.05. The number of fused-ring (bicyclic) bond motifs is 2. The first-order valence-electron chi connectivity index (χ1n) is 19.4. The van der Waals surface area contributed by atoms with E-state index in [9.17, 15) is 35.2 Å². The number of allylic oxidation sites excluding steroid dienone is 1. The van der Waals surface area contributed by atoms with Crippen molar-refractivity contribution in [2.24, 2.45) is 0 Å². The number of methoxy groups -OCH3 is 2. The van der Waals surface area contributed by atoms with Gasteiger partial charge in [-0.15, -0.1) is 0 Å². The average Bonchev–Trinajstić information content (AvgIpc) is 3.29. The lowest BCUT2D eigenvalue weighted by atomic mass is 9.80. The molecule has 3 aliphatic rings. The molecule has 1 atom stereocenters. The van der Waals surface area contributed by atoms with E-state index in [1.165, 1.54) is 57.8 Å². The molecule has 4 aromatic rings. The first-order chi connectivity index (χ1) is 28.9. The molecule has 3 heterocycles. The summed E-state index contributed by atoms with van der Waals surface area (Å²) in [5, 5.41) is 0. The molecule has 2 aromatic heterocycles. The number of sulfone groups is 2. The number of ether oxygens (including phenoxy) is 3. The zero-order valence-corrected chi connectivity index (χ0v) is 39.0. The van der Waals surface area contributed by atoms with Gasteiger partial charge in [0.05, 0.1) is 25.4 Å². The molecule has 1 saturated heterocycles. The topological polar surface area (TPSA) is 174 Å². The number of esters is 1. The third-order valence-electron chi connectivity index (χ3n) is 10.9. The van der Waals surface area contributed by atoms with Crippen LogP contribution in [0.1, 0.15) is 81.2 Å². The van der Waals surface area contributed by atoms with Crippen molar-refractivity contribution in [1.29, 1.82) is 0 Å². The number of halogens is 3. The van der Waals surface area contributed by atoms with Gasteiger partial charge in [-0.3, -0.25) is 9.59 Å². The van der Waals surface area contributed by atoms with Crippen LogP contribution in [0.2, 0.25) is 0 Å². The van der Waals surface area contributed by atoms with Crippen LogP contribution in [0, 0.1) is 11.6 Å². The Kier molecular flexibility index (Phi) is 14.9. The monoisotopic (exact) mass is 960 g/mol. The van der Waals surface area contributed by atoms with E-state index in [-0.39, 0.29) is 45.4 Å². The van der Waals surface area contributed by atoms with Crippen molar-refractivity contribution >= 4 is 65.7 Å². The average molecular weight is 962 g/mol. The third kappa shape index (κ3) is 11.0. The molecule has 62 heavy (non-hydrogen) atoms. The minimum Gasteiger partial charge on any atom is -0.480 e. The van der Waals surface area contributed by atoms with Crippen LogP contribution >= 0.6 is 15.9 Å². The second-order valence-electron chi connectivity index (χ2n) is 15.9. The van der Waals surface area contributed by atoms with Gasteiger partial charge in [-0.2, -0.15) is 0 Å². The molecule has 13 nitrogen and oxygen atoms in total. The van der Waals surface area contributed by atoms with Crippen molar-refractivity contribution in [2.75, 3.05) is 26.7 Å². The lowest BCUT2D eigenvalue weighted by molar-refractivity contribution is -0.134. The predicted octanol–water partition coefficient (Wildman–Crippen LogP) is 6.67. The number of hydrogen-bond donors (Lipinski definition) is 0. The number of nitrogens with zero attached hydrogens (tertiary/aromatic N) is 2. The fourth-order valence-corrected chi connectivity index (χ4v) is 9.07. The van der Waals surface area contributed by atoms with Gasteiger partial charge in [-0.1, -0.05) is 40.2 Å². The zero-order valence-electron chi connectivity index (χ0n) is 35.8. The Hall–Kier alpha value is -4.56. The molecule has 332 valence electrons. The van der Waals surface area contributed by atoms with Gasteiger partial charge in [0.25, 0.3) is 0 Å². The van der Waals surface area contributed by atoms with Crippen LogP contribution in [0.4, 0.5) is 8.78 Å². The summed E-state index contributed by atoms with van der Waals surface area (Å²) in [6.45, 7) is 9.06. The highest BCUT2D eigenvalue weighted by atomic mass is 79.9. The summed E-state index contributed by atoms with van der Waals surface area (Å²) >= 11 is 3.36. The number of carbonyl (C=O) groups is 2. The summed E-state index contributed by atoms with van der Waals surface area (Å²) in [7, 11) is -4.94. The molecule has 0 amide bonds. The Labute approximate surface area is 369 Å². The van der Waals surface area contributed by atoms with Crippen molar-refractivity contribution < 1.29 is 58.7 Å². The first kappa shape index (κ1) is 48.5. The molecule has 1 unspecified atom stereocenters. The molecule has 7 rings (SSSR count). The lowest BCUT2D eigenvalue weighted by Crippen LogP contribution is -2.41. The van der Waals surface area contributed by atoms with Crippen LogP contribution in [0.5, 0.6) is 11.8 Å². The minimum absolute atomic E-state index is 0.00153. The lowest BCUT2D eigenvalue weighted by Gasteiger charge is -2.32. The SMILES string of the molecule is CC(=O)OC1=C(Br)CCc2c(F)cccc21.COc1ncc(B2OC(C)(C)C(C)(C)O2)cc1S(C)(=O)=O.COc1ncc(C2CCc3c(F)cccc3CC2=O)cc1S(C)(=O)=O. The Bertz CT molecular complexity index is 2630. The van der Waals surface area contributed by atoms with Crippen molar-refractivity contribution in [3.05, 3.63) is 105 Å². The van der Waals surface area contributed by atoms with Gasteiger partial charge in [0.2, 0.25) is 11.8 Å². The van der Waals surface area contributed by atoms with Crippen LogP contribution in [-0.4, -0.2) is 83.6 Å². The fraction of sp³-hybridized carbons (Fsp3) is 0.395. The molecule has 0 radical (unpaired) electrons. The van der Waals surface area contributed by atoms with Crippen molar-refractivity contribution in [3.63, 3.8) is 0 Å². The maximum Gasteiger partial charge on any atom is 0.496 e. The highest BCUT2D eigenvalue weighted by molar-refractivity contribution is 9.11. The molecule has 2 aromatic carbocycles. The molecule has 0 spiro atoms. The first-order valence-corrected chi connectivity index (χ1v) is 23.9. The number of Topliss-reactive ketones (excluding diaryl/α,β-unsaturated/α-hetero) is 1. The number of hydrogen-bond acceptors (Lipinski definition) is 13. The third-order valence-corrected chi connectivity index (χ3v) is 13.8. The Morgan fingerprint density at radius 2 is 1.37 bits per heavy atom. The van der Waals surface area contributed by atoms with Gasteiger partial charge in [0.15, 0.2) is 19.7 Å². The van der Waals surface area contributed by atoms with Gasteiger partial charge in [0.1, 0.15) is 33.0 Å². The molecule has 19 heteroatoms. The molecule has 2 aliphatic carbocycles. The van der Waals surface area contributed by atoms with Crippen LogP contribution in [0.25, 0.3) is 5.76 Å². The van der Waals surface area contributed by atoms with Gasteiger partial charge in [-0.05, 0) is 99.9 Å². The number of rotatable bonds is 7. The van der Waals surface area contributed by atoms with Gasteiger partial charge >= 0.3 is 13.1 Å². The highest BCUT2D eigenvalue weighted by Crippen LogP contribution is 2.38. The normalized spacial score (nSPS) is 17.9. The molecule has 0 saturated carbocycles. The summed E-state index contributed by atoms with van der Waals surface area (Å²) in [6, 6.07) is 12.5. The number of aromatic nitrogens is 2.